The molecule has 0 bridgehead atoms. The minimum atomic E-state index is -0.0324. The molecular formula is C20H19N3O. The molecule has 4 nitrogen and oxygen atoms in total. The Kier molecular flexibility index (Phi) is 4.29. The lowest BCUT2D eigenvalue weighted by molar-refractivity contribution is 0.103. The Morgan fingerprint density at radius 1 is 1.00 bits per heavy atom. The number of nitrogen functional groups attached to an aromatic ring is 1. The van der Waals surface area contributed by atoms with E-state index in [0.717, 1.165) is 16.9 Å². The van der Waals surface area contributed by atoms with Crippen LogP contribution < -0.4 is 11.1 Å². The number of nitrogens with one attached hydrogen (secondary N) is 1. The summed E-state index contributed by atoms with van der Waals surface area (Å²) in [5.41, 5.74) is 10.6. The van der Waals surface area contributed by atoms with E-state index in [1.807, 2.05) is 74.5 Å². The fourth-order valence-electron chi connectivity index (χ4n) is 2.70. The smallest absolute Gasteiger partial charge is 0.195 e. The number of nitrogens with zero attached hydrogens (tertiary/aromatic N) is 1. The van der Waals surface area contributed by atoms with Crippen molar-refractivity contribution in [2.24, 2.45) is 0 Å². The SMILES string of the molecule is Cc1cc(C)c(Nc2ccccc2C(=O)c2ccccc2)c(N)n1. The molecule has 2 aromatic carbocycles. The molecule has 0 radical (unpaired) electrons. The monoisotopic (exact) mass is 317 g/mol. The molecule has 4 heteroatoms. The highest BCUT2D eigenvalue weighted by molar-refractivity contribution is 6.12. The van der Waals surface area contributed by atoms with Crippen LogP contribution in [0, 0.1) is 13.8 Å². The zero-order chi connectivity index (χ0) is 17.1. The fraction of sp³-hybridized carbons (Fsp3) is 0.100. The normalized spacial score (nSPS) is 10.4. The van der Waals surface area contributed by atoms with Gasteiger partial charge in [0.2, 0.25) is 0 Å². The number of benzene rings is 2. The number of hydrogen-bond acceptors (Lipinski definition) is 4. The number of para-hydroxylation sites is 1. The summed E-state index contributed by atoms with van der Waals surface area (Å²) in [5.74, 6) is 0.393. The van der Waals surface area contributed by atoms with E-state index in [9.17, 15) is 4.79 Å². The van der Waals surface area contributed by atoms with Crippen LogP contribution in [0.25, 0.3) is 0 Å². The highest BCUT2D eigenvalue weighted by atomic mass is 16.1. The molecule has 3 N–H and O–H groups in total. The van der Waals surface area contributed by atoms with Gasteiger partial charge in [0, 0.05) is 22.5 Å². The maximum Gasteiger partial charge on any atom is 0.195 e. The molecule has 0 amide bonds. The number of aromatic nitrogens is 1. The highest BCUT2D eigenvalue weighted by Gasteiger charge is 2.15. The van der Waals surface area contributed by atoms with Gasteiger partial charge in [-0.15, -0.1) is 0 Å². The first-order valence-corrected chi connectivity index (χ1v) is 7.76. The van der Waals surface area contributed by atoms with Crippen molar-refractivity contribution in [3.63, 3.8) is 0 Å². The van der Waals surface area contributed by atoms with Crippen LogP contribution in [0.4, 0.5) is 17.2 Å². The number of anilines is 3. The van der Waals surface area contributed by atoms with Crippen molar-refractivity contribution in [1.82, 2.24) is 4.98 Å². The quantitative estimate of drug-likeness (QED) is 0.706. The Morgan fingerprint density at radius 2 is 1.67 bits per heavy atom. The number of nitrogens with two attached hydrogens (primary N) is 1. The van der Waals surface area contributed by atoms with E-state index in [0.29, 0.717) is 22.6 Å². The molecule has 0 aliphatic rings. The summed E-state index contributed by atoms with van der Waals surface area (Å²) in [6, 6.07) is 18.6. The van der Waals surface area contributed by atoms with Gasteiger partial charge >= 0.3 is 0 Å². The van der Waals surface area contributed by atoms with Gasteiger partial charge in [0.1, 0.15) is 5.82 Å². The average molecular weight is 317 g/mol. The molecule has 0 saturated carbocycles. The molecule has 3 aromatic rings. The zero-order valence-electron chi connectivity index (χ0n) is 13.7. The van der Waals surface area contributed by atoms with Crippen LogP contribution in [0.3, 0.4) is 0 Å². The lowest BCUT2D eigenvalue weighted by Crippen LogP contribution is -2.08. The summed E-state index contributed by atoms with van der Waals surface area (Å²) in [6.45, 7) is 3.87. The summed E-state index contributed by atoms with van der Waals surface area (Å²) in [4.78, 5) is 17.1. The lowest BCUT2D eigenvalue weighted by Gasteiger charge is -2.15. The third kappa shape index (κ3) is 3.13. The van der Waals surface area contributed by atoms with Gasteiger partial charge < -0.3 is 11.1 Å². The predicted octanol–water partition coefficient (Wildman–Crippen LogP) is 4.26. The number of carbonyl (C=O) groups is 1. The summed E-state index contributed by atoms with van der Waals surface area (Å²) < 4.78 is 0. The Bertz CT molecular complexity index is 865. The standard InChI is InChI=1S/C20H19N3O/c1-13-12-14(2)22-20(21)18(13)23-17-11-7-6-10-16(17)19(24)15-8-4-3-5-9-15/h3-12,23H,1-2H3,(H2,21,22). The molecule has 0 atom stereocenters. The average Bonchev–Trinajstić information content (AvgIpc) is 2.58. The van der Waals surface area contributed by atoms with Gasteiger partial charge in [-0.2, -0.15) is 0 Å². The van der Waals surface area contributed by atoms with Gasteiger partial charge in [-0.3, -0.25) is 4.79 Å². The molecule has 0 aliphatic heterocycles. The number of hydrogen-bond donors (Lipinski definition) is 2. The molecule has 120 valence electrons. The van der Waals surface area contributed by atoms with Gasteiger partial charge in [-0.1, -0.05) is 42.5 Å². The van der Waals surface area contributed by atoms with Crippen LogP contribution in [0.5, 0.6) is 0 Å². The molecule has 0 unspecified atom stereocenters. The molecule has 24 heavy (non-hydrogen) atoms. The van der Waals surface area contributed by atoms with E-state index >= 15 is 0 Å². The van der Waals surface area contributed by atoms with Crippen molar-refractivity contribution in [1.29, 1.82) is 0 Å². The minimum Gasteiger partial charge on any atom is -0.382 e. The highest BCUT2D eigenvalue weighted by Crippen LogP contribution is 2.29. The molecule has 3 rings (SSSR count). The van der Waals surface area contributed by atoms with Gasteiger partial charge in [-0.05, 0) is 37.6 Å². The fourth-order valence-corrected chi connectivity index (χ4v) is 2.70. The second kappa shape index (κ2) is 6.54. The van der Waals surface area contributed by atoms with Crippen LogP contribution >= 0.6 is 0 Å². The van der Waals surface area contributed by atoms with Crippen molar-refractivity contribution in [2.45, 2.75) is 13.8 Å². The molecule has 0 fully saturated rings. The molecule has 0 aliphatic carbocycles. The Hall–Kier alpha value is -3.14. The lowest BCUT2D eigenvalue weighted by atomic mass is 10.0. The third-order valence-corrected chi connectivity index (χ3v) is 3.84. The summed E-state index contributed by atoms with van der Waals surface area (Å²) in [5, 5.41) is 3.28. The van der Waals surface area contributed by atoms with E-state index in [1.54, 1.807) is 0 Å². The number of pyridine rings is 1. The van der Waals surface area contributed by atoms with Crippen LogP contribution in [0.1, 0.15) is 27.2 Å². The van der Waals surface area contributed by atoms with Crippen LogP contribution in [0.15, 0.2) is 60.7 Å². The molecule has 1 aromatic heterocycles. The van der Waals surface area contributed by atoms with E-state index in [-0.39, 0.29) is 5.78 Å². The second-order valence-electron chi connectivity index (χ2n) is 5.71. The third-order valence-electron chi connectivity index (χ3n) is 3.84. The van der Waals surface area contributed by atoms with Gasteiger partial charge in [0.05, 0.1) is 5.69 Å². The molecule has 0 spiro atoms. The van der Waals surface area contributed by atoms with E-state index in [1.165, 1.54) is 0 Å². The van der Waals surface area contributed by atoms with Crippen LogP contribution in [-0.4, -0.2) is 10.8 Å². The number of aryl methyl sites for hydroxylation is 2. The maximum atomic E-state index is 12.8. The zero-order valence-corrected chi connectivity index (χ0v) is 13.7. The number of carbonyl (C=O) groups excluding carboxylic acids is 1. The number of rotatable bonds is 4. The Balaban J connectivity index is 2.01. The predicted molar refractivity (Wildman–Crippen MR) is 97.7 cm³/mol. The van der Waals surface area contributed by atoms with Crippen molar-refractivity contribution in [2.75, 3.05) is 11.1 Å². The van der Waals surface area contributed by atoms with Crippen LogP contribution in [-0.2, 0) is 0 Å². The van der Waals surface area contributed by atoms with Crippen molar-refractivity contribution in [3.05, 3.63) is 83.0 Å². The van der Waals surface area contributed by atoms with Crippen molar-refractivity contribution in [3.8, 4) is 0 Å². The van der Waals surface area contributed by atoms with E-state index in [4.69, 9.17) is 5.73 Å². The van der Waals surface area contributed by atoms with Gasteiger partial charge in [-0.25, -0.2) is 4.98 Å². The number of ketones is 1. The van der Waals surface area contributed by atoms with Gasteiger partial charge in [0.15, 0.2) is 5.78 Å². The first-order chi connectivity index (χ1) is 11.6. The summed E-state index contributed by atoms with van der Waals surface area (Å²) in [7, 11) is 0. The second-order valence-corrected chi connectivity index (χ2v) is 5.71. The Labute approximate surface area is 141 Å². The summed E-state index contributed by atoms with van der Waals surface area (Å²) in [6.07, 6.45) is 0. The van der Waals surface area contributed by atoms with Gasteiger partial charge in [0.25, 0.3) is 0 Å². The molecule has 1 heterocycles. The topological polar surface area (TPSA) is 68.0 Å². The summed E-state index contributed by atoms with van der Waals surface area (Å²) >= 11 is 0. The van der Waals surface area contributed by atoms with Crippen molar-refractivity contribution >= 4 is 23.0 Å². The van der Waals surface area contributed by atoms with E-state index < -0.39 is 0 Å². The Morgan fingerprint density at radius 3 is 2.38 bits per heavy atom. The first-order valence-electron chi connectivity index (χ1n) is 7.76. The largest absolute Gasteiger partial charge is 0.382 e. The minimum absolute atomic E-state index is 0.0324. The maximum absolute atomic E-state index is 12.8. The van der Waals surface area contributed by atoms with Crippen LogP contribution in [0.2, 0.25) is 0 Å². The molecule has 0 saturated heterocycles. The van der Waals surface area contributed by atoms with E-state index in [2.05, 4.69) is 10.3 Å². The molecular weight excluding hydrogens is 298 g/mol. The van der Waals surface area contributed by atoms with Crippen molar-refractivity contribution < 1.29 is 4.79 Å². The first kappa shape index (κ1) is 15.7.